The second-order valence-corrected chi connectivity index (χ2v) is 10.3. The lowest BCUT2D eigenvalue weighted by molar-refractivity contribution is -0.123. The predicted molar refractivity (Wildman–Crippen MR) is 146 cm³/mol. The number of hydrogen-bond acceptors (Lipinski definition) is 7. The normalized spacial score (nSPS) is 19.2. The second-order valence-electron chi connectivity index (χ2n) is 8.64. The van der Waals surface area contributed by atoms with Gasteiger partial charge in [-0.1, -0.05) is 67.3 Å². The van der Waals surface area contributed by atoms with Crippen LogP contribution < -0.4 is 10.5 Å². The van der Waals surface area contributed by atoms with E-state index in [1.807, 2.05) is 49.4 Å². The van der Waals surface area contributed by atoms with E-state index in [4.69, 9.17) is 17.2 Å². The number of nitrogens with zero attached hydrogens (tertiary/aromatic N) is 5. The number of fused-ring (bicyclic) bond motifs is 1. The van der Waals surface area contributed by atoms with Gasteiger partial charge in [-0.15, -0.1) is 0 Å². The Balaban J connectivity index is 1.55. The van der Waals surface area contributed by atoms with Crippen molar-refractivity contribution in [2.45, 2.75) is 19.9 Å². The molecule has 0 bridgehead atoms. The number of carbonyl (C=O) groups excluding carboxylic acids is 1. The molecule has 0 spiro atoms. The van der Waals surface area contributed by atoms with Crippen LogP contribution in [-0.4, -0.2) is 62.1 Å². The van der Waals surface area contributed by atoms with Crippen molar-refractivity contribution >= 4 is 51.7 Å². The summed E-state index contributed by atoms with van der Waals surface area (Å²) in [7, 11) is 0. The topological polar surface area (TPSA) is 61.2 Å². The fourth-order valence-electron chi connectivity index (χ4n) is 4.56. The van der Waals surface area contributed by atoms with E-state index in [2.05, 4.69) is 16.7 Å². The number of anilines is 1. The largest absolute Gasteiger partial charge is 0.353 e. The number of amides is 1. The average Bonchev–Trinajstić information content (AvgIpc) is 3.18. The summed E-state index contributed by atoms with van der Waals surface area (Å²) < 4.78 is 2.02. The molecule has 0 saturated carbocycles. The zero-order chi connectivity index (χ0) is 24.5. The number of carbonyl (C=O) groups is 1. The van der Waals surface area contributed by atoms with Crippen LogP contribution in [0.4, 0.5) is 5.82 Å². The SMILES string of the molecule is CCN1CCN(c2nc3ccccn3c(=O)c2/C=C2\SC(=S)N([C@@H](C)c3ccccc3)C2=O)CC1. The van der Waals surface area contributed by atoms with Crippen molar-refractivity contribution in [1.82, 2.24) is 19.2 Å². The Bertz CT molecular complexity index is 1360. The standard InChI is InChI=1S/C26H27N5O2S2/c1-3-28-13-15-29(16-14-28)23-20(24(32)30-12-8-7-11-22(30)27-23)17-21-25(33)31(26(34)35-21)18(2)19-9-5-4-6-10-19/h4-12,17-18H,3,13-16H2,1-2H3/b21-17-/t18-/m0/s1. The van der Waals surface area contributed by atoms with E-state index in [-0.39, 0.29) is 17.5 Å². The van der Waals surface area contributed by atoms with Crippen LogP contribution >= 0.6 is 24.0 Å². The summed E-state index contributed by atoms with van der Waals surface area (Å²) in [6.45, 7) is 8.47. The number of hydrogen-bond donors (Lipinski definition) is 0. The number of thioether (sulfide) groups is 1. The molecule has 9 heteroatoms. The van der Waals surface area contributed by atoms with Gasteiger partial charge in [0.05, 0.1) is 16.5 Å². The quantitative estimate of drug-likeness (QED) is 0.386. The lowest BCUT2D eigenvalue weighted by Crippen LogP contribution is -2.47. The summed E-state index contributed by atoms with van der Waals surface area (Å²) in [5, 5.41) is 0. The number of thiocarbonyl (C=S) groups is 1. The highest BCUT2D eigenvalue weighted by Crippen LogP contribution is 2.38. The summed E-state index contributed by atoms with van der Waals surface area (Å²) in [5.74, 6) is 0.439. The summed E-state index contributed by atoms with van der Waals surface area (Å²) in [4.78, 5) is 38.5. The Hall–Kier alpha value is -3.01. The third-order valence-electron chi connectivity index (χ3n) is 6.64. The van der Waals surface area contributed by atoms with Gasteiger partial charge in [0.15, 0.2) is 0 Å². The maximum Gasteiger partial charge on any atom is 0.267 e. The van der Waals surface area contributed by atoms with E-state index in [0.29, 0.717) is 26.3 Å². The fourth-order valence-corrected chi connectivity index (χ4v) is 5.96. The van der Waals surface area contributed by atoms with Gasteiger partial charge >= 0.3 is 0 Å². The van der Waals surface area contributed by atoms with Crippen LogP contribution in [0.3, 0.4) is 0 Å². The fraction of sp³-hybridized carbons (Fsp3) is 0.308. The Morgan fingerprint density at radius 1 is 1.06 bits per heavy atom. The van der Waals surface area contributed by atoms with E-state index < -0.39 is 0 Å². The van der Waals surface area contributed by atoms with E-state index >= 15 is 0 Å². The zero-order valence-corrected chi connectivity index (χ0v) is 21.4. The Morgan fingerprint density at radius 3 is 2.49 bits per heavy atom. The van der Waals surface area contributed by atoms with Crippen molar-refractivity contribution < 1.29 is 4.79 Å². The van der Waals surface area contributed by atoms with Crippen molar-refractivity contribution in [2.75, 3.05) is 37.6 Å². The van der Waals surface area contributed by atoms with Gasteiger partial charge < -0.3 is 9.80 Å². The molecule has 2 aromatic heterocycles. The molecule has 180 valence electrons. The third kappa shape index (κ3) is 4.51. The first-order valence-electron chi connectivity index (χ1n) is 11.8. The molecule has 2 fully saturated rings. The maximum absolute atomic E-state index is 13.6. The molecule has 2 aliphatic rings. The molecule has 5 rings (SSSR count). The first kappa shape index (κ1) is 23.7. The number of rotatable bonds is 5. The minimum atomic E-state index is -0.202. The smallest absolute Gasteiger partial charge is 0.267 e. The monoisotopic (exact) mass is 505 g/mol. The van der Waals surface area contributed by atoms with Gasteiger partial charge in [-0.2, -0.15) is 0 Å². The number of pyridine rings is 1. The predicted octanol–water partition coefficient (Wildman–Crippen LogP) is 3.80. The molecular weight excluding hydrogens is 478 g/mol. The van der Waals surface area contributed by atoms with Gasteiger partial charge in [0.25, 0.3) is 11.5 Å². The second kappa shape index (κ2) is 9.93. The summed E-state index contributed by atoms with van der Waals surface area (Å²) in [6, 6.07) is 15.1. The molecule has 0 radical (unpaired) electrons. The average molecular weight is 506 g/mol. The molecule has 0 N–H and O–H groups in total. The third-order valence-corrected chi connectivity index (χ3v) is 7.97. The van der Waals surface area contributed by atoms with E-state index in [1.165, 1.54) is 16.2 Å². The van der Waals surface area contributed by atoms with Crippen molar-refractivity contribution in [3.8, 4) is 0 Å². The molecule has 3 aromatic rings. The maximum atomic E-state index is 13.6. The molecule has 7 nitrogen and oxygen atoms in total. The van der Waals surface area contributed by atoms with Crippen LogP contribution in [0.25, 0.3) is 11.7 Å². The number of aromatic nitrogens is 2. The first-order chi connectivity index (χ1) is 17.0. The van der Waals surface area contributed by atoms with Crippen LogP contribution in [0, 0.1) is 0 Å². The highest BCUT2D eigenvalue weighted by molar-refractivity contribution is 8.26. The van der Waals surface area contributed by atoms with E-state index in [9.17, 15) is 9.59 Å². The number of piperazine rings is 1. The molecule has 2 aliphatic heterocycles. The van der Waals surface area contributed by atoms with Gasteiger partial charge in [-0.25, -0.2) is 4.98 Å². The molecular formula is C26H27N5O2S2. The van der Waals surface area contributed by atoms with E-state index in [1.54, 1.807) is 23.2 Å². The molecule has 1 aromatic carbocycles. The van der Waals surface area contributed by atoms with Crippen molar-refractivity contribution in [3.05, 3.63) is 81.1 Å². The van der Waals surface area contributed by atoms with Crippen molar-refractivity contribution in [2.24, 2.45) is 0 Å². The lowest BCUT2D eigenvalue weighted by Gasteiger charge is -2.35. The van der Waals surface area contributed by atoms with E-state index in [0.717, 1.165) is 38.3 Å². The number of benzene rings is 1. The van der Waals surface area contributed by atoms with Crippen LogP contribution in [-0.2, 0) is 4.79 Å². The molecule has 2 saturated heterocycles. The van der Waals surface area contributed by atoms with Crippen LogP contribution in [0.2, 0.25) is 0 Å². The van der Waals surface area contributed by atoms with Gasteiger partial charge in [-0.3, -0.25) is 18.9 Å². The van der Waals surface area contributed by atoms with Crippen LogP contribution in [0.15, 0.2) is 64.4 Å². The molecule has 1 amide bonds. The minimum absolute atomic E-state index is 0.185. The van der Waals surface area contributed by atoms with Gasteiger partial charge in [-0.05, 0) is 37.2 Å². The Labute approximate surface area is 214 Å². The van der Waals surface area contributed by atoms with Crippen LogP contribution in [0.1, 0.15) is 31.0 Å². The molecule has 0 aliphatic carbocycles. The first-order valence-corrected chi connectivity index (χ1v) is 13.0. The van der Waals surface area contributed by atoms with Gasteiger partial charge in [0.2, 0.25) is 0 Å². The lowest BCUT2D eigenvalue weighted by atomic mass is 10.1. The minimum Gasteiger partial charge on any atom is -0.353 e. The zero-order valence-electron chi connectivity index (χ0n) is 19.8. The van der Waals surface area contributed by atoms with Crippen molar-refractivity contribution in [1.29, 1.82) is 0 Å². The van der Waals surface area contributed by atoms with Crippen LogP contribution in [0.5, 0.6) is 0 Å². The van der Waals surface area contributed by atoms with Gasteiger partial charge in [0, 0.05) is 32.4 Å². The van der Waals surface area contributed by atoms with Gasteiger partial charge in [0.1, 0.15) is 15.8 Å². The molecule has 0 unspecified atom stereocenters. The Morgan fingerprint density at radius 2 is 1.77 bits per heavy atom. The van der Waals surface area contributed by atoms with Crippen molar-refractivity contribution in [3.63, 3.8) is 0 Å². The molecule has 1 atom stereocenters. The molecule has 4 heterocycles. The highest BCUT2D eigenvalue weighted by atomic mass is 32.2. The molecule has 35 heavy (non-hydrogen) atoms. The number of likely N-dealkylation sites (N-methyl/N-ethyl adjacent to an activating group) is 1. The summed E-state index contributed by atoms with van der Waals surface area (Å²) in [6.07, 6.45) is 3.40. The summed E-state index contributed by atoms with van der Waals surface area (Å²) >= 11 is 6.83. The summed E-state index contributed by atoms with van der Waals surface area (Å²) in [5.41, 5.74) is 1.83. The highest BCUT2D eigenvalue weighted by Gasteiger charge is 2.36. The Kier molecular flexibility index (Phi) is 6.73.